The molecule has 0 fully saturated rings. The molecule has 0 saturated carbocycles. The average molecular weight is 571 g/mol. The van der Waals surface area contributed by atoms with Crippen LogP contribution in [0.5, 0.6) is 0 Å². The Bertz CT molecular complexity index is 1090. The molecule has 228 valence electrons. The Morgan fingerprint density at radius 2 is 1.78 bits per heavy atom. The molecule has 0 aromatic heterocycles. The summed E-state index contributed by atoms with van der Waals surface area (Å²) in [6.45, 7) is 15.0. The lowest BCUT2D eigenvalue weighted by Crippen LogP contribution is -2.35. The number of carboxylic acid groups (broad SMARTS) is 1. The van der Waals surface area contributed by atoms with E-state index in [1.165, 1.54) is 6.08 Å². The van der Waals surface area contributed by atoms with Crippen LogP contribution in [0.1, 0.15) is 74.7 Å². The van der Waals surface area contributed by atoms with Gasteiger partial charge in [-0.25, -0.2) is 9.59 Å². The van der Waals surface area contributed by atoms with Crippen molar-refractivity contribution in [2.75, 3.05) is 6.61 Å². The number of ketones is 1. The monoisotopic (exact) mass is 570 g/mol. The number of rotatable bonds is 16. The molecule has 7 nitrogen and oxygen atoms in total. The highest BCUT2D eigenvalue weighted by atomic mass is 16.5. The van der Waals surface area contributed by atoms with Crippen molar-refractivity contribution in [1.29, 1.82) is 0 Å². The smallest absolute Gasteiger partial charge is 0.331 e. The number of carbonyl (C=O) groups excluding carboxylic acids is 2. The molecule has 3 N–H and O–H groups in total. The van der Waals surface area contributed by atoms with Gasteiger partial charge in [0.2, 0.25) is 0 Å². The molecular formula is C34H50O7. The predicted octanol–water partition coefficient (Wildman–Crippen LogP) is 6.15. The van der Waals surface area contributed by atoms with Gasteiger partial charge in [0.25, 0.3) is 0 Å². The third-order valence-corrected chi connectivity index (χ3v) is 7.51. The van der Waals surface area contributed by atoms with Crippen LogP contribution in [-0.4, -0.2) is 51.9 Å². The van der Waals surface area contributed by atoms with E-state index in [0.29, 0.717) is 12.0 Å². The van der Waals surface area contributed by atoms with Crippen LogP contribution in [0.2, 0.25) is 0 Å². The molecule has 0 bridgehead atoms. The minimum Gasteiger partial charge on any atom is -0.478 e. The molecule has 0 aromatic rings. The Morgan fingerprint density at radius 1 is 1.12 bits per heavy atom. The third-order valence-electron chi connectivity index (χ3n) is 7.51. The van der Waals surface area contributed by atoms with Crippen molar-refractivity contribution < 1.29 is 34.4 Å². The van der Waals surface area contributed by atoms with E-state index in [2.05, 4.69) is 19.9 Å². The maximum absolute atomic E-state index is 13.0. The van der Waals surface area contributed by atoms with E-state index in [4.69, 9.17) is 9.84 Å². The minimum atomic E-state index is -1.04. The molecule has 1 aliphatic rings. The molecule has 1 heterocycles. The zero-order valence-electron chi connectivity index (χ0n) is 26.0. The fraction of sp³-hybridized carbons (Fsp3) is 0.559. The normalized spacial score (nSPS) is 22.0. The molecule has 0 saturated heterocycles. The SMILES string of the molecule is CCC(/C=C/[C@@H]1OC(=O)C=CC1(C)C)=C\[C@H](C)C/C(C)=C/C=C[C@@H](CO)C(=O)[C@@H](C)[C@H](O)[C@@H](C)C/C(C)=C/C(=O)O. The van der Waals surface area contributed by atoms with Gasteiger partial charge in [0, 0.05) is 23.5 Å². The average Bonchev–Trinajstić information content (AvgIpc) is 2.88. The first kappa shape index (κ1) is 36.0. The third kappa shape index (κ3) is 12.6. The molecular weight excluding hydrogens is 520 g/mol. The van der Waals surface area contributed by atoms with Crippen LogP contribution in [0.4, 0.5) is 0 Å². The standard InChI is InChI=1S/C34H50O7/c1-9-27(13-14-29-34(7,8)16-15-31(38)41-29)19-23(3)17-22(2)11-10-12-28(21-35)33(40)26(6)32(39)25(5)18-24(4)20-30(36)37/h10-16,19-20,23,25-26,28-29,32,35,39H,9,17-18,21H2,1-8H3,(H,36,37)/b12-10?,14-13+,22-11+,24-20+,27-19+/t23-,25+,26+,28+,29+,32-/m1/s1. The molecule has 0 amide bonds. The number of cyclic esters (lactones) is 1. The van der Waals surface area contributed by atoms with Gasteiger partial charge in [-0.2, -0.15) is 0 Å². The van der Waals surface area contributed by atoms with Crippen LogP contribution in [0.3, 0.4) is 0 Å². The van der Waals surface area contributed by atoms with E-state index >= 15 is 0 Å². The number of ether oxygens (including phenoxy) is 1. The molecule has 1 rings (SSSR count). The number of carboxylic acids is 1. The number of allylic oxidation sites excluding steroid dienone is 7. The molecule has 0 radical (unpaired) electrons. The summed E-state index contributed by atoms with van der Waals surface area (Å²) in [5, 5.41) is 29.4. The predicted molar refractivity (Wildman–Crippen MR) is 163 cm³/mol. The Labute approximate surface area is 246 Å². The van der Waals surface area contributed by atoms with Gasteiger partial charge in [-0.3, -0.25) is 4.79 Å². The number of esters is 1. The molecule has 0 spiro atoms. The largest absolute Gasteiger partial charge is 0.478 e. The van der Waals surface area contributed by atoms with Crippen LogP contribution in [0.25, 0.3) is 0 Å². The summed E-state index contributed by atoms with van der Waals surface area (Å²) in [5.41, 5.74) is 2.62. The molecule has 0 unspecified atom stereocenters. The van der Waals surface area contributed by atoms with Crippen molar-refractivity contribution in [3.63, 3.8) is 0 Å². The quantitative estimate of drug-likeness (QED) is 0.116. The van der Waals surface area contributed by atoms with Crippen LogP contribution in [-0.2, 0) is 19.1 Å². The Morgan fingerprint density at radius 3 is 2.37 bits per heavy atom. The van der Waals surface area contributed by atoms with Crippen LogP contribution in [0, 0.1) is 29.1 Å². The highest BCUT2D eigenvalue weighted by Crippen LogP contribution is 2.30. The number of aliphatic carboxylic acids is 1. The lowest BCUT2D eigenvalue weighted by Gasteiger charge is -2.31. The maximum Gasteiger partial charge on any atom is 0.331 e. The van der Waals surface area contributed by atoms with E-state index in [1.54, 1.807) is 32.9 Å². The summed E-state index contributed by atoms with van der Waals surface area (Å²) in [7, 11) is 0. The van der Waals surface area contributed by atoms with Gasteiger partial charge in [0.15, 0.2) is 0 Å². The number of hydrogen-bond acceptors (Lipinski definition) is 6. The van der Waals surface area contributed by atoms with Gasteiger partial charge in [0.05, 0.1) is 18.6 Å². The first-order valence-corrected chi connectivity index (χ1v) is 14.5. The van der Waals surface area contributed by atoms with E-state index in [1.807, 2.05) is 45.1 Å². The van der Waals surface area contributed by atoms with Gasteiger partial charge in [0.1, 0.15) is 11.9 Å². The zero-order valence-corrected chi connectivity index (χ0v) is 26.0. The highest BCUT2D eigenvalue weighted by molar-refractivity contribution is 5.85. The van der Waals surface area contributed by atoms with Crippen molar-refractivity contribution in [3.05, 3.63) is 71.4 Å². The Kier molecular flexibility index (Phi) is 15.0. The van der Waals surface area contributed by atoms with Crippen LogP contribution >= 0.6 is 0 Å². The van der Waals surface area contributed by atoms with Gasteiger partial charge < -0.3 is 20.1 Å². The lowest BCUT2D eigenvalue weighted by atomic mass is 9.83. The van der Waals surface area contributed by atoms with Gasteiger partial charge in [-0.1, -0.05) is 94.7 Å². The van der Waals surface area contributed by atoms with Gasteiger partial charge in [-0.05, 0) is 51.0 Å². The Hall–Kier alpha value is -3.03. The zero-order chi connectivity index (χ0) is 31.3. The van der Waals surface area contributed by atoms with Gasteiger partial charge in [-0.15, -0.1) is 0 Å². The first-order valence-electron chi connectivity index (χ1n) is 14.5. The summed E-state index contributed by atoms with van der Waals surface area (Å²) < 4.78 is 5.49. The summed E-state index contributed by atoms with van der Waals surface area (Å²) in [5.74, 6) is -3.13. The highest BCUT2D eigenvalue weighted by Gasteiger charge is 2.32. The van der Waals surface area contributed by atoms with E-state index in [9.17, 15) is 24.6 Å². The van der Waals surface area contributed by atoms with Crippen molar-refractivity contribution >= 4 is 17.7 Å². The summed E-state index contributed by atoms with van der Waals surface area (Å²) in [6, 6.07) is 0. The molecule has 1 aliphatic heterocycles. The van der Waals surface area contributed by atoms with Crippen molar-refractivity contribution in [2.24, 2.45) is 29.1 Å². The fourth-order valence-electron chi connectivity index (χ4n) is 4.98. The van der Waals surface area contributed by atoms with Crippen molar-refractivity contribution in [2.45, 2.75) is 86.9 Å². The second-order valence-electron chi connectivity index (χ2n) is 12.0. The number of aliphatic hydroxyl groups is 2. The molecule has 0 aromatic carbocycles. The summed E-state index contributed by atoms with van der Waals surface area (Å²) in [4.78, 5) is 35.5. The maximum atomic E-state index is 13.0. The van der Waals surface area contributed by atoms with E-state index < -0.39 is 23.9 Å². The van der Waals surface area contributed by atoms with Crippen molar-refractivity contribution in [1.82, 2.24) is 0 Å². The summed E-state index contributed by atoms with van der Waals surface area (Å²) >= 11 is 0. The van der Waals surface area contributed by atoms with E-state index in [0.717, 1.165) is 30.1 Å². The lowest BCUT2D eigenvalue weighted by molar-refractivity contribution is -0.146. The van der Waals surface area contributed by atoms with Gasteiger partial charge >= 0.3 is 11.9 Å². The second-order valence-corrected chi connectivity index (χ2v) is 12.0. The molecule has 7 heteroatoms. The number of carbonyl (C=O) groups is 3. The number of hydrogen-bond donors (Lipinski definition) is 3. The van der Waals surface area contributed by atoms with Crippen molar-refractivity contribution in [3.8, 4) is 0 Å². The van der Waals surface area contributed by atoms with E-state index in [-0.39, 0.29) is 41.7 Å². The Balaban J connectivity index is 2.80. The number of aliphatic hydroxyl groups excluding tert-OH is 2. The summed E-state index contributed by atoms with van der Waals surface area (Å²) in [6.07, 6.45) is 16.8. The number of Topliss-reactive ketones (excluding diaryl/α,β-unsaturated/α-hetero) is 1. The molecule has 6 atom stereocenters. The second kappa shape index (κ2) is 17.0. The topological polar surface area (TPSA) is 121 Å². The van der Waals surface area contributed by atoms with Crippen LogP contribution < -0.4 is 0 Å². The van der Waals surface area contributed by atoms with Crippen LogP contribution in [0.15, 0.2) is 71.4 Å². The fourth-order valence-corrected chi connectivity index (χ4v) is 4.98. The first-order chi connectivity index (χ1) is 19.1. The molecule has 41 heavy (non-hydrogen) atoms. The molecule has 0 aliphatic carbocycles. The minimum absolute atomic E-state index is 0.256.